The van der Waals surface area contributed by atoms with Crippen LogP contribution in [0, 0.1) is 12.8 Å². The summed E-state index contributed by atoms with van der Waals surface area (Å²) in [5, 5.41) is 3.07. The van der Waals surface area contributed by atoms with Gasteiger partial charge in [0.15, 0.2) is 0 Å². The molecule has 3 fully saturated rings. The van der Waals surface area contributed by atoms with Gasteiger partial charge in [-0.3, -0.25) is 14.5 Å². The minimum atomic E-state index is -0.123. The molecule has 3 heterocycles. The Morgan fingerprint density at radius 3 is 2.66 bits per heavy atom. The van der Waals surface area contributed by atoms with Crippen LogP contribution in [0.5, 0.6) is 0 Å². The molecule has 3 aliphatic rings. The van der Waals surface area contributed by atoms with Gasteiger partial charge in [0.2, 0.25) is 5.91 Å². The van der Waals surface area contributed by atoms with Gasteiger partial charge in [0, 0.05) is 50.9 Å². The van der Waals surface area contributed by atoms with Crippen molar-refractivity contribution in [2.75, 3.05) is 39.4 Å². The fourth-order valence-corrected chi connectivity index (χ4v) is 4.41. The highest BCUT2D eigenvalue weighted by atomic mass is 16.5. The molecule has 0 spiro atoms. The van der Waals surface area contributed by atoms with Crippen molar-refractivity contribution in [3.63, 3.8) is 0 Å². The highest BCUT2D eigenvalue weighted by Gasteiger charge is 2.38. The van der Waals surface area contributed by atoms with Crippen molar-refractivity contribution in [1.29, 1.82) is 0 Å². The van der Waals surface area contributed by atoms with Gasteiger partial charge in [0.1, 0.15) is 6.33 Å². The average molecular weight is 402 g/mol. The number of hydrogen-bond donors (Lipinski definition) is 1. The van der Waals surface area contributed by atoms with Crippen molar-refractivity contribution >= 4 is 11.8 Å². The lowest BCUT2D eigenvalue weighted by molar-refractivity contribution is -0.136. The largest absolute Gasteiger partial charge is 0.378 e. The molecule has 29 heavy (non-hydrogen) atoms. The zero-order valence-corrected chi connectivity index (χ0v) is 17.2. The number of carbonyl (C=O) groups is 2. The number of morpholine rings is 1. The fraction of sp³-hybridized carbons (Fsp3) is 0.714. The summed E-state index contributed by atoms with van der Waals surface area (Å²) >= 11 is 0. The highest BCUT2D eigenvalue weighted by Crippen LogP contribution is 2.35. The summed E-state index contributed by atoms with van der Waals surface area (Å²) < 4.78 is 5.36. The summed E-state index contributed by atoms with van der Waals surface area (Å²) in [6, 6.07) is 0.557. The second-order valence-corrected chi connectivity index (χ2v) is 8.45. The molecule has 2 saturated heterocycles. The third-order valence-electron chi connectivity index (χ3n) is 6.37. The maximum absolute atomic E-state index is 12.8. The summed E-state index contributed by atoms with van der Waals surface area (Å²) in [5.41, 5.74) is 1.21. The number of nitrogens with zero attached hydrogens (tertiary/aromatic N) is 4. The van der Waals surface area contributed by atoms with E-state index >= 15 is 0 Å². The van der Waals surface area contributed by atoms with Crippen LogP contribution in [0.4, 0.5) is 0 Å². The Morgan fingerprint density at radius 1 is 1.17 bits per heavy atom. The Hall–Kier alpha value is -2.06. The highest BCUT2D eigenvalue weighted by molar-refractivity contribution is 5.94. The Labute approximate surface area is 172 Å². The van der Waals surface area contributed by atoms with Crippen molar-refractivity contribution in [1.82, 2.24) is 25.1 Å². The topological polar surface area (TPSA) is 87.7 Å². The fourth-order valence-electron chi connectivity index (χ4n) is 4.41. The van der Waals surface area contributed by atoms with E-state index in [1.807, 2.05) is 11.8 Å². The number of aryl methyl sites for hydroxylation is 1. The molecule has 0 bridgehead atoms. The number of ether oxygens (including phenoxy) is 1. The Morgan fingerprint density at radius 2 is 1.93 bits per heavy atom. The van der Waals surface area contributed by atoms with E-state index in [2.05, 4.69) is 20.2 Å². The predicted molar refractivity (Wildman–Crippen MR) is 107 cm³/mol. The lowest BCUT2D eigenvalue weighted by Gasteiger charge is -2.33. The molecular weight excluding hydrogens is 370 g/mol. The molecule has 2 aliphatic heterocycles. The number of rotatable bonds is 7. The number of amides is 2. The molecular formula is C21H31N5O3. The SMILES string of the molecule is Cc1ncncc1C(=O)NC[C@@H]1CC[C@H](CC(=O)N2CCOCC2)N1CC1CC1. The number of likely N-dealkylation sites (tertiary alicyclic amines) is 1. The van der Waals surface area contributed by atoms with Crippen LogP contribution < -0.4 is 5.32 Å². The van der Waals surface area contributed by atoms with Gasteiger partial charge in [0.25, 0.3) is 5.91 Å². The van der Waals surface area contributed by atoms with Gasteiger partial charge in [-0.05, 0) is 38.5 Å². The Balaban J connectivity index is 1.34. The van der Waals surface area contributed by atoms with Crippen LogP contribution in [0.2, 0.25) is 0 Å². The number of hydrogen-bond acceptors (Lipinski definition) is 6. The average Bonchev–Trinajstić information content (AvgIpc) is 3.49. The van der Waals surface area contributed by atoms with Gasteiger partial charge >= 0.3 is 0 Å². The third kappa shape index (κ3) is 5.11. The maximum atomic E-state index is 12.8. The van der Waals surface area contributed by atoms with E-state index < -0.39 is 0 Å². The van der Waals surface area contributed by atoms with Crippen molar-refractivity contribution in [3.8, 4) is 0 Å². The molecule has 8 heteroatoms. The maximum Gasteiger partial charge on any atom is 0.254 e. The minimum Gasteiger partial charge on any atom is -0.378 e. The van der Waals surface area contributed by atoms with E-state index in [9.17, 15) is 9.59 Å². The molecule has 1 aliphatic carbocycles. The van der Waals surface area contributed by atoms with Crippen molar-refractivity contribution in [2.24, 2.45) is 5.92 Å². The van der Waals surface area contributed by atoms with Crippen LogP contribution in [0.1, 0.15) is 48.2 Å². The van der Waals surface area contributed by atoms with E-state index in [0.29, 0.717) is 50.5 Å². The van der Waals surface area contributed by atoms with Crippen LogP contribution in [-0.2, 0) is 9.53 Å². The molecule has 1 N–H and O–H groups in total. The van der Waals surface area contributed by atoms with Gasteiger partial charge in [-0.25, -0.2) is 9.97 Å². The normalized spacial score (nSPS) is 25.2. The summed E-state index contributed by atoms with van der Waals surface area (Å²) in [6.07, 6.45) is 8.17. The first kappa shape index (κ1) is 20.2. The summed E-state index contributed by atoms with van der Waals surface area (Å²) in [7, 11) is 0. The molecule has 0 radical (unpaired) electrons. The predicted octanol–water partition coefficient (Wildman–Crippen LogP) is 1.01. The van der Waals surface area contributed by atoms with E-state index in [0.717, 1.165) is 25.3 Å². The van der Waals surface area contributed by atoms with Crippen molar-refractivity contribution in [2.45, 2.75) is 51.1 Å². The van der Waals surface area contributed by atoms with E-state index in [1.165, 1.54) is 19.2 Å². The molecule has 2 atom stereocenters. The first-order valence-corrected chi connectivity index (χ1v) is 10.8. The quantitative estimate of drug-likeness (QED) is 0.734. The van der Waals surface area contributed by atoms with Crippen LogP contribution in [0.25, 0.3) is 0 Å². The first-order chi connectivity index (χ1) is 14.1. The molecule has 1 saturated carbocycles. The molecule has 1 aromatic heterocycles. The smallest absolute Gasteiger partial charge is 0.254 e. The molecule has 1 aromatic rings. The standard InChI is InChI=1S/C21H31N5O3/c1-15-19(12-22-14-24-15)21(28)23-11-18-5-4-17(26(18)13-16-2-3-16)10-20(27)25-6-8-29-9-7-25/h12,14,16-18H,2-11,13H2,1H3,(H,23,28)/t17-,18+/m1/s1. The van der Waals surface area contributed by atoms with Gasteiger partial charge in [-0.2, -0.15) is 0 Å². The minimum absolute atomic E-state index is 0.123. The van der Waals surface area contributed by atoms with Crippen LogP contribution >= 0.6 is 0 Å². The van der Waals surface area contributed by atoms with Gasteiger partial charge in [0.05, 0.1) is 24.5 Å². The zero-order valence-electron chi connectivity index (χ0n) is 17.2. The van der Waals surface area contributed by atoms with E-state index in [1.54, 1.807) is 6.20 Å². The van der Waals surface area contributed by atoms with Gasteiger partial charge in [-0.1, -0.05) is 0 Å². The van der Waals surface area contributed by atoms with Gasteiger partial charge in [-0.15, -0.1) is 0 Å². The number of aromatic nitrogens is 2. The van der Waals surface area contributed by atoms with Crippen LogP contribution in [-0.4, -0.2) is 83.1 Å². The zero-order chi connectivity index (χ0) is 20.2. The first-order valence-electron chi connectivity index (χ1n) is 10.8. The number of carbonyl (C=O) groups excluding carboxylic acids is 2. The van der Waals surface area contributed by atoms with E-state index in [4.69, 9.17) is 4.74 Å². The van der Waals surface area contributed by atoms with Crippen LogP contribution in [0.15, 0.2) is 12.5 Å². The number of nitrogens with one attached hydrogen (secondary N) is 1. The van der Waals surface area contributed by atoms with Gasteiger partial charge < -0.3 is 15.0 Å². The monoisotopic (exact) mass is 401 g/mol. The lowest BCUT2D eigenvalue weighted by Crippen LogP contribution is -2.47. The molecule has 0 aromatic carbocycles. The third-order valence-corrected chi connectivity index (χ3v) is 6.37. The molecule has 8 nitrogen and oxygen atoms in total. The van der Waals surface area contributed by atoms with Crippen LogP contribution in [0.3, 0.4) is 0 Å². The van der Waals surface area contributed by atoms with Crippen molar-refractivity contribution in [3.05, 3.63) is 23.8 Å². The molecule has 4 rings (SSSR count). The van der Waals surface area contributed by atoms with E-state index in [-0.39, 0.29) is 23.9 Å². The second kappa shape index (κ2) is 9.17. The molecule has 2 amide bonds. The lowest BCUT2D eigenvalue weighted by atomic mass is 10.1. The molecule has 0 unspecified atom stereocenters. The Kier molecular flexibility index (Phi) is 6.40. The second-order valence-electron chi connectivity index (χ2n) is 8.45. The summed E-state index contributed by atoms with van der Waals surface area (Å²) in [6.45, 7) is 6.13. The van der Waals surface area contributed by atoms with Crippen molar-refractivity contribution < 1.29 is 14.3 Å². The summed E-state index contributed by atoms with van der Waals surface area (Å²) in [4.78, 5) is 37.8. The Bertz CT molecular complexity index is 733. The molecule has 158 valence electrons. The summed E-state index contributed by atoms with van der Waals surface area (Å²) in [5.74, 6) is 0.861.